The summed E-state index contributed by atoms with van der Waals surface area (Å²) >= 11 is 0. The molecule has 8 nitrogen and oxygen atoms in total. The first-order valence-electron chi connectivity index (χ1n) is 5.97. The van der Waals surface area contributed by atoms with Crippen LogP contribution in [0.5, 0.6) is 5.75 Å². The second-order valence-corrected chi connectivity index (χ2v) is 4.52. The van der Waals surface area contributed by atoms with Gasteiger partial charge in [-0.25, -0.2) is 0 Å². The molecule has 0 amide bonds. The number of nitrogens with one attached hydrogen (secondary N) is 1. The van der Waals surface area contributed by atoms with Crippen LogP contribution >= 0.6 is 0 Å². The Labute approximate surface area is 119 Å². The number of methoxy groups -OCH3 is 1. The van der Waals surface area contributed by atoms with Crippen molar-refractivity contribution in [3.05, 3.63) is 52.0 Å². The number of carboxylic acids is 1. The van der Waals surface area contributed by atoms with E-state index < -0.39 is 22.1 Å². The molecule has 1 aromatic heterocycles. The van der Waals surface area contributed by atoms with Crippen molar-refractivity contribution in [2.45, 2.75) is 12.3 Å². The van der Waals surface area contributed by atoms with E-state index in [1.54, 1.807) is 24.3 Å². The zero-order valence-corrected chi connectivity index (χ0v) is 11.4. The van der Waals surface area contributed by atoms with E-state index in [1.807, 2.05) is 0 Å². The summed E-state index contributed by atoms with van der Waals surface area (Å²) in [5.41, 5.74) is -1.10. The number of nitro groups is 1. The summed E-state index contributed by atoms with van der Waals surface area (Å²) in [7, 11) is 1.50. The molecule has 1 atom stereocenters. The van der Waals surface area contributed by atoms with Crippen molar-refractivity contribution in [2.24, 2.45) is 0 Å². The topological polar surface area (TPSA) is 118 Å². The molecular weight excluding hydrogens is 278 g/mol. The molecule has 0 unspecified atom stereocenters. The maximum atomic E-state index is 11.7. The number of aromatic nitrogens is 2. The summed E-state index contributed by atoms with van der Waals surface area (Å²) in [6.45, 7) is 1.43. The van der Waals surface area contributed by atoms with Crippen LogP contribution < -0.4 is 4.74 Å². The summed E-state index contributed by atoms with van der Waals surface area (Å²) in [6.07, 6.45) is 1.07. The fourth-order valence-corrected chi connectivity index (χ4v) is 1.95. The third-order valence-corrected chi connectivity index (χ3v) is 3.32. The summed E-state index contributed by atoms with van der Waals surface area (Å²) in [6, 6.07) is 6.41. The average Bonchev–Trinajstić information content (AvgIpc) is 2.96. The molecule has 110 valence electrons. The van der Waals surface area contributed by atoms with Crippen molar-refractivity contribution in [1.82, 2.24) is 9.97 Å². The fourth-order valence-electron chi connectivity index (χ4n) is 1.95. The highest BCUT2D eigenvalue weighted by atomic mass is 16.6. The van der Waals surface area contributed by atoms with Gasteiger partial charge in [-0.05, 0) is 34.5 Å². The van der Waals surface area contributed by atoms with Gasteiger partial charge in [0.2, 0.25) is 5.82 Å². The number of hydrogen-bond acceptors (Lipinski definition) is 5. The largest absolute Gasteiger partial charge is 0.497 e. The van der Waals surface area contributed by atoms with E-state index in [1.165, 1.54) is 14.0 Å². The highest BCUT2D eigenvalue weighted by molar-refractivity contribution is 5.84. The highest BCUT2D eigenvalue weighted by Crippen LogP contribution is 2.32. The van der Waals surface area contributed by atoms with Gasteiger partial charge < -0.3 is 24.9 Å². The minimum absolute atomic E-state index is 0.00753. The number of imidazole rings is 1. The third-order valence-electron chi connectivity index (χ3n) is 3.32. The van der Waals surface area contributed by atoms with Gasteiger partial charge in [0, 0.05) is 0 Å². The summed E-state index contributed by atoms with van der Waals surface area (Å²) in [5, 5.41) is 20.2. The second-order valence-electron chi connectivity index (χ2n) is 4.52. The van der Waals surface area contributed by atoms with Crippen molar-refractivity contribution < 1.29 is 19.6 Å². The molecule has 0 saturated heterocycles. The van der Waals surface area contributed by atoms with Crippen LogP contribution in [0.15, 0.2) is 30.5 Å². The number of carbonyl (C=O) groups is 1. The molecule has 8 heteroatoms. The van der Waals surface area contributed by atoms with Gasteiger partial charge in [0.1, 0.15) is 11.9 Å². The quantitative estimate of drug-likeness (QED) is 0.639. The van der Waals surface area contributed by atoms with E-state index in [4.69, 9.17) is 4.74 Å². The van der Waals surface area contributed by atoms with Crippen molar-refractivity contribution in [2.75, 3.05) is 7.11 Å². The number of carboxylic acid groups (broad SMARTS) is 1. The minimum Gasteiger partial charge on any atom is -0.497 e. The van der Waals surface area contributed by atoms with E-state index in [9.17, 15) is 20.0 Å². The number of aromatic amines is 1. The van der Waals surface area contributed by atoms with Crippen LogP contribution in [0.25, 0.3) is 0 Å². The van der Waals surface area contributed by atoms with Crippen molar-refractivity contribution in [3.63, 3.8) is 0 Å². The monoisotopic (exact) mass is 291 g/mol. The van der Waals surface area contributed by atoms with Crippen LogP contribution in [0.1, 0.15) is 18.3 Å². The van der Waals surface area contributed by atoms with Crippen LogP contribution in [-0.2, 0) is 10.2 Å². The maximum absolute atomic E-state index is 11.7. The molecule has 2 aromatic rings. The Kier molecular flexibility index (Phi) is 3.62. The lowest BCUT2D eigenvalue weighted by Gasteiger charge is -2.20. The first-order chi connectivity index (χ1) is 9.89. The van der Waals surface area contributed by atoms with Crippen LogP contribution in [0.2, 0.25) is 0 Å². The van der Waals surface area contributed by atoms with Gasteiger partial charge >= 0.3 is 11.8 Å². The van der Waals surface area contributed by atoms with E-state index >= 15 is 0 Å². The van der Waals surface area contributed by atoms with Gasteiger partial charge in [-0.15, -0.1) is 0 Å². The van der Waals surface area contributed by atoms with Gasteiger partial charge in [-0.3, -0.25) is 4.79 Å². The van der Waals surface area contributed by atoms with Crippen LogP contribution in [0, 0.1) is 10.1 Å². The molecule has 0 aliphatic rings. The molecule has 0 radical (unpaired) electrons. The van der Waals surface area contributed by atoms with E-state index in [0.29, 0.717) is 11.3 Å². The van der Waals surface area contributed by atoms with Crippen LogP contribution in [0.3, 0.4) is 0 Å². The normalized spacial score (nSPS) is 13.4. The number of benzene rings is 1. The number of hydrogen-bond donors (Lipinski definition) is 2. The average molecular weight is 291 g/mol. The molecule has 0 aliphatic carbocycles. The molecule has 1 aromatic carbocycles. The maximum Gasteiger partial charge on any atom is 0.381 e. The van der Waals surface area contributed by atoms with Crippen molar-refractivity contribution in [3.8, 4) is 5.75 Å². The predicted molar refractivity (Wildman–Crippen MR) is 72.3 cm³/mol. The smallest absolute Gasteiger partial charge is 0.381 e. The van der Waals surface area contributed by atoms with Gasteiger partial charge in [0.05, 0.1) is 7.11 Å². The van der Waals surface area contributed by atoms with Gasteiger partial charge in [-0.1, -0.05) is 12.1 Å². The van der Waals surface area contributed by atoms with Crippen LogP contribution in [0.4, 0.5) is 5.82 Å². The van der Waals surface area contributed by atoms with E-state index in [0.717, 1.165) is 6.20 Å². The Bertz CT molecular complexity index is 679. The summed E-state index contributed by atoms with van der Waals surface area (Å²) < 4.78 is 5.02. The Hall–Kier alpha value is -2.90. The van der Waals surface area contributed by atoms with Crippen molar-refractivity contribution >= 4 is 11.8 Å². The summed E-state index contributed by atoms with van der Waals surface area (Å²) in [5.74, 6) is -1.02. The molecule has 0 bridgehead atoms. The van der Waals surface area contributed by atoms with Gasteiger partial charge in [0.25, 0.3) is 0 Å². The first kappa shape index (κ1) is 14.5. The van der Waals surface area contributed by atoms with Crippen molar-refractivity contribution in [1.29, 1.82) is 0 Å². The Morgan fingerprint density at radius 3 is 2.48 bits per heavy atom. The van der Waals surface area contributed by atoms with Gasteiger partial charge in [-0.2, -0.15) is 0 Å². The molecule has 2 rings (SSSR count). The number of rotatable bonds is 5. The lowest BCUT2D eigenvalue weighted by atomic mass is 9.81. The standard InChI is InChI=1S/C13H13N3O5/c1-13(12(17)18,8-3-5-9(21-2)6-4-8)11-14-7-10(15-11)16(19)20/h3-7H,1-2H3,(H,14,15)(H,17,18)/t13-/m0/s1. The van der Waals surface area contributed by atoms with E-state index in [2.05, 4.69) is 9.97 Å². The SMILES string of the molecule is COc1ccc([C@](C)(C(=O)O)c2nc([N+](=O)[O-])c[nH]2)cc1. The molecule has 0 fully saturated rings. The highest BCUT2D eigenvalue weighted by Gasteiger charge is 2.44. The molecular formula is C13H13N3O5. The third kappa shape index (κ3) is 2.42. The van der Waals surface area contributed by atoms with Gasteiger partial charge in [0.15, 0.2) is 5.41 Å². The molecule has 1 heterocycles. The zero-order chi connectivity index (χ0) is 15.6. The number of aliphatic carboxylic acids is 1. The molecule has 0 aliphatic heterocycles. The lowest BCUT2D eigenvalue weighted by Crippen LogP contribution is -2.35. The zero-order valence-electron chi connectivity index (χ0n) is 11.4. The fraction of sp³-hybridized carbons (Fsp3) is 0.231. The molecule has 21 heavy (non-hydrogen) atoms. The molecule has 2 N–H and O–H groups in total. The Morgan fingerprint density at radius 2 is 2.05 bits per heavy atom. The Balaban J connectivity index is 2.52. The molecule has 0 saturated carbocycles. The predicted octanol–water partition coefficient (Wildman–Crippen LogP) is 1.72. The van der Waals surface area contributed by atoms with Crippen LogP contribution in [-0.4, -0.2) is 33.1 Å². The Morgan fingerprint density at radius 1 is 1.43 bits per heavy atom. The minimum atomic E-state index is -1.53. The summed E-state index contributed by atoms with van der Waals surface area (Å²) in [4.78, 5) is 28.0. The van der Waals surface area contributed by atoms with E-state index in [-0.39, 0.29) is 5.82 Å². The molecule has 0 spiro atoms. The first-order valence-corrected chi connectivity index (χ1v) is 5.97. The number of nitrogens with zero attached hydrogens (tertiary/aromatic N) is 2. The second kappa shape index (κ2) is 5.23. The number of H-pyrrole nitrogens is 1. The number of ether oxygens (including phenoxy) is 1. The lowest BCUT2D eigenvalue weighted by molar-refractivity contribution is -0.389.